The smallest absolute Gasteiger partial charge is 0.0679 e. The quantitative estimate of drug-likeness (QED) is 0.0695. The molecule has 0 saturated carbocycles. The number of rotatable bonds is 16. The molecule has 0 atom stereocenters. The maximum Gasteiger partial charge on any atom is 0.0679 e. The first-order valence-corrected chi connectivity index (χ1v) is 19.8. The Morgan fingerprint density at radius 2 is 1.22 bits per heavy atom. The van der Waals surface area contributed by atoms with Gasteiger partial charge in [-0.3, -0.25) is 9.98 Å². The van der Waals surface area contributed by atoms with Crippen molar-refractivity contribution in [1.29, 1.82) is 0 Å². The summed E-state index contributed by atoms with van der Waals surface area (Å²) in [6, 6.07) is 38.1. The van der Waals surface area contributed by atoms with E-state index >= 15 is 0 Å². The van der Waals surface area contributed by atoms with Gasteiger partial charge in [0.05, 0.1) is 12.3 Å². The highest BCUT2D eigenvalue weighted by Gasteiger charge is 2.08. The van der Waals surface area contributed by atoms with Crippen molar-refractivity contribution in [1.82, 2.24) is 5.32 Å². The van der Waals surface area contributed by atoms with E-state index in [1.54, 1.807) is 7.05 Å². The SMILES string of the molecule is CC.CC/C=C(/C)C(=NC/C=C\C(=C/CC/C=C(\C=C/NC)c1ccccc1)c1ccccc1)c1ccccc1C.CN=C/C=C(/C)Cc1ccccc1C. The Hall–Kier alpha value is -5.54. The van der Waals surface area contributed by atoms with Crippen LogP contribution in [0.1, 0.15) is 87.3 Å². The average Bonchev–Trinajstić information content (AvgIpc) is 3.22. The van der Waals surface area contributed by atoms with Crippen LogP contribution in [0.2, 0.25) is 0 Å². The summed E-state index contributed by atoms with van der Waals surface area (Å²) in [5, 5.41) is 3.11. The molecule has 0 aliphatic carbocycles. The summed E-state index contributed by atoms with van der Waals surface area (Å²) in [6.07, 6.45) is 23.2. The Labute approximate surface area is 334 Å². The first kappa shape index (κ1) is 45.6. The number of nitrogens with one attached hydrogen (secondary N) is 1. The Morgan fingerprint density at radius 3 is 1.76 bits per heavy atom. The van der Waals surface area contributed by atoms with Gasteiger partial charge >= 0.3 is 0 Å². The number of nitrogens with zero attached hydrogens (tertiary/aromatic N) is 2. The van der Waals surface area contributed by atoms with Crippen LogP contribution in [0.15, 0.2) is 179 Å². The third kappa shape index (κ3) is 17.4. The highest BCUT2D eigenvalue weighted by Crippen LogP contribution is 2.21. The van der Waals surface area contributed by atoms with Crippen molar-refractivity contribution < 1.29 is 0 Å². The van der Waals surface area contributed by atoms with E-state index in [1.165, 1.54) is 55.7 Å². The molecule has 0 amide bonds. The topological polar surface area (TPSA) is 36.8 Å². The molecule has 0 saturated heterocycles. The van der Waals surface area contributed by atoms with E-state index in [4.69, 9.17) is 4.99 Å². The predicted octanol–water partition coefficient (Wildman–Crippen LogP) is 13.6. The van der Waals surface area contributed by atoms with Crippen LogP contribution >= 0.6 is 0 Å². The molecule has 0 radical (unpaired) electrons. The Kier molecular flexibility index (Phi) is 23.2. The number of hydrogen-bond donors (Lipinski definition) is 1. The number of unbranched alkanes of at least 4 members (excludes halogenated alkanes) is 1. The third-order valence-electron chi connectivity index (χ3n) is 8.71. The van der Waals surface area contributed by atoms with Crippen LogP contribution in [-0.2, 0) is 6.42 Å². The summed E-state index contributed by atoms with van der Waals surface area (Å²) in [6.45, 7) is 15.4. The van der Waals surface area contributed by atoms with Gasteiger partial charge in [-0.05, 0) is 116 Å². The van der Waals surface area contributed by atoms with Crippen molar-refractivity contribution in [2.75, 3.05) is 20.6 Å². The largest absolute Gasteiger partial charge is 0.394 e. The molecule has 0 spiro atoms. The summed E-state index contributed by atoms with van der Waals surface area (Å²) in [4.78, 5) is 8.97. The van der Waals surface area contributed by atoms with Crippen molar-refractivity contribution in [3.05, 3.63) is 202 Å². The monoisotopic (exact) mass is 732 g/mol. The molecule has 0 fully saturated rings. The maximum absolute atomic E-state index is 5.03. The molecule has 55 heavy (non-hydrogen) atoms. The lowest BCUT2D eigenvalue weighted by molar-refractivity contribution is 1.05. The van der Waals surface area contributed by atoms with Crippen molar-refractivity contribution in [2.24, 2.45) is 9.98 Å². The van der Waals surface area contributed by atoms with Crippen LogP contribution in [0.5, 0.6) is 0 Å². The molecule has 1 N–H and O–H groups in total. The Bertz CT molecular complexity index is 1920. The summed E-state index contributed by atoms with van der Waals surface area (Å²) in [7, 11) is 3.72. The van der Waals surface area contributed by atoms with E-state index in [9.17, 15) is 0 Å². The molecule has 0 heterocycles. The molecule has 4 rings (SSSR count). The predicted molar refractivity (Wildman–Crippen MR) is 246 cm³/mol. The van der Waals surface area contributed by atoms with Crippen molar-refractivity contribution >= 4 is 23.1 Å². The molecule has 3 nitrogen and oxygen atoms in total. The second-order valence-corrected chi connectivity index (χ2v) is 13.0. The van der Waals surface area contributed by atoms with Crippen molar-refractivity contribution in [3.63, 3.8) is 0 Å². The summed E-state index contributed by atoms with van der Waals surface area (Å²) in [5.74, 6) is 0. The fourth-order valence-electron chi connectivity index (χ4n) is 5.83. The van der Waals surface area contributed by atoms with Gasteiger partial charge in [-0.25, -0.2) is 0 Å². The molecule has 288 valence electrons. The summed E-state index contributed by atoms with van der Waals surface area (Å²) < 4.78 is 0. The highest BCUT2D eigenvalue weighted by molar-refractivity contribution is 6.13. The van der Waals surface area contributed by atoms with E-state index in [2.05, 4.69) is 197 Å². The molecule has 4 aromatic rings. The van der Waals surface area contributed by atoms with Crippen molar-refractivity contribution in [3.8, 4) is 0 Å². The second-order valence-electron chi connectivity index (χ2n) is 13.0. The van der Waals surface area contributed by atoms with Gasteiger partial charge in [-0.2, -0.15) is 0 Å². The fourth-order valence-corrected chi connectivity index (χ4v) is 5.83. The van der Waals surface area contributed by atoms with Crippen LogP contribution in [0.25, 0.3) is 11.1 Å². The van der Waals surface area contributed by atoms with Gasteiger partial charge in [0.15, 0.2) is 0 Å². The third-order valence-corrected chi connectivity index (χ3v) is 8.71. The van der Waals surface area contributed by atoms with Crippen LogP contribution < -0.4 is 5.32 Å². The number of benzene rings is 4. The molecule has 0 unspecified atom stereocenters. The van der Waals surface area contributed by atoms with E-state index < -0.39 is 0 Å². The van der Waals surface area contributed by atoms with Crippen molar-refractivity contribution in [2.45, 2.75) is 74.1 Å². The minimum Gasteiger partial charge on any atom is -0.394 e. The van der Waals surface area contributed by atoms with Gasteiger partial charge in [0.2, 0.25) is 0 Å². The molecule has 0 aromatic heterocycles. The molecule has 4 aromatic carbocycles. The van der Waals surface area contributed by atoms with E-state index in [1.807, 2.05) is 33.3 Å². The van der Waals surface area contributed by atoms with E-state index in [0.717, 1.165) is 31.4 Å². The first-order chi connectivity index (χ1) is 26.9. The van der Waals surface area contributed by atoms with Gasteiger partial charge in [-0.1, -0.05) is 166 Å². The zero-order chi connectivity index (χ0) is 40.1. The normalized spacial score (nSPS) is 12.8. The molecule has 3 heteroatoms. The molecule has 0 aliphatic heterocycles. The molecule has 0 bridgehead atoms. The summed E-state index contributed by atoms with van der Waals surface area (Å²) >= 11 is 0. The van der Waals surface area contributed by atoms with E-state index in [0.29, 0.717) is 6.54 Å². The zero-order valence-electron chi connectivity index (χ0n) is 35.0. The van der Waals surface area contributed by atoms with Gasteiger partial charge in [0.1, 0.15) is 0 Å². The fraction of sp³-hybridized carbons (Fsp3) is 0.269. The second kappa shape index (κ2) is 28.0. The Balaban J connectivity index is 0.000000546. The number of aryl methyl sites for hydroxylation is 2. The average molecular weight is 732 g/mol. The Morgan fingerprint density at radius 1 is 0.673 bits per heavy atom. The zero-order valence-corrected chi connectivity index (χ0v) is 35.0. The lowest BCUT2D eigenvalue weighted by atomic mass is 9.98. The molecular formula is C52H65N3. The minimum atomic E-state index is 0.635. The van der Waals surface area contributed by atoms with Gasteiger partial charge in [0, 0.05) is 25.9 Å². The molecular weight excluding hydrogens is 667 g/mol. The lowest BCUT2D eigenvalue weighted by Gasteiger charge is -2.10. The van der Waals surface area contributed by atoms with Crippen LogP contribution in [0, 0.1) is 13.8 Å². The number of hydrogen-bond acceptors (Lipinski definition) is 3. The minimum absolute atomic E-state index is 0.635. The first-order valence-electron chi connectivity index (χ1n) is 19.8. The number of aliphatic imine (C=N–C) groups is 2. The van der Waals surface area contributed by atoms with Crippen LogP contribution in [0.4, 0.5) is 0 Å². The number of allylic oxidation sites excluding steroid dienone is 10. The molecule has 0 aliphatic rings. The van der Waals surface area contributed by atoms with Crippen LogP contribution in [0.3, 0.4) is 0 Å². The van der Waals surface area contributed by atoms with Crippen LogP contribution in [-0.4, -0.2) is 32.6 Å². The van der Waals surface area contributed by atoms with Gasteiger partial charge in [-0.15, -0.1) is 0 Å². The standard InChI is InChI=1S/C37H42N2.C13H17N.C2H6/c1-5-17-31(3)37(36-26-15-12-18-30(36)2)39-28-16-25-34(32-19-8-6-9-20-32)23-13-14-24-35(27-29-38-4)33-21-10-7-11-22-33;1-11(8-9-14-3)10-13-7-5-4-6-12(13)2;1-2/h6-12,15-27,29,38H,5,13-14,28H2,1-4H3;4-9H,10H2,1-3H3;1-2H3/b25-16-,29-27-,31-17-,34-23+,35-24+,39-37?;11-8-,14-9?;. The van der Waals surface area contributed by atoms with Gasteiger partial charge in [0.25, 0.3) is 0 Å². The maximum atomic E-state index is 5.03. The summed E-state index contributed by atoms with van der Waals surface area (Å²) in [5.41, 5.74) is 13.8. The van der Waals surface area contributed by atoms with Gasteiger partial charge < -0.3 is 5.32 Å². The highest BCUT2D eigenvalue weighted by atomic mass is 14.8. The lowest BCUT2D eigenvalue weighted by Crippen LogP contribution is -2.06. The van der Waals surface area contributed by atoms with E-state index in [-0.39, 0.29) is 0 Å².